The van der Waals surface area contributed by atoms with Gasteiger partial charge < -0.3 is 15.1 Å². The van der Waals surface area contributed by atoms with E-state index in [1.165, 1.54) is 25.7 Å². The summed E-state index contributed by atoms with van der Waals surface area (Å²) in [5, 5.41) is 3.52. The van der Waals surface area contributed by atoms with E-state index in [4.69, 9.17) is 0 Å². The fraction of sp³-hybridized carbons (Fsp3) is 0.647. The SMILES string of the molecule is CN=C(NCCCC1CC1)N1CCN(c2ccccn2)CC1. The Balaban J connectivity index is 1.42. The number of guanidine groups is 1. The Morgan fingerprint density at radius 3 is 2.73 bits per heavy atom. The molecule has 1 N–H and O–H groups in total. The molecule has 0 radical (unpaired) electrons. The highest BCUT2D eigenvalue weighted by Crippen LogP contribution is 2.33. The number of nitrogens with one attached hydrogen (secondary N) is 1. The van der Waals surface area contributed by atoms with Crippen LogP contribution < -0.4 is 10.2 Å². The minimum absolute atomic E-state index is 0.999. The van der Waals surface area contributed by atoms with Gasteiger partial charge in [-0.15, -0.1) is 0 Å². The molecule has 2 aliphatic rings. The van der Waals surface area contributed by atoms with E-state index in [2.05, 4.69) is 37.2 Å². The largest absolute Gasteiger partial charge is 0.356 e. The zero-order valence-corrected chi connectivity index (χ0v) is 13.5. The summed E-state index contributed by atoms with van der Waals surface area (Å²) in [5.74, 6) is 3.15. The van der Waals surface area contributed by atoms with Gasteiger partial charge in [0, 0.05) is 46.0 Å². The molecule has 2 fully saturated rings. The van der Waals surface area contributed by atoms with Crippen LogP contribution in [0.25, 0.3) is 0 Å². The highest BCUT2D eigenvalue weighted by Gasteiger charge is 2.21. The molecule has 22 heavy (non-hydrogen) atoms. The molecule has 1 aliphatic carbocycles. The number of aromatic nitrogens is 1. The van der Waals surface area contributed by atoms with Crippen molar-refractivity contribution in [2.24, 2.45) is 10.9 Å². The maximum Gasteiger partial charge on any atom is 0.193 e. The predicted octanol–water partition coefficient (Wildman–Crippen LogP) is 1.97. The Morgan fingerprint density at radius 2 is 2.09 bits per heavy atom. The van der Waals surface area contributed by atoms with Crippen molar-refractivity contribution in [2.75, 3.05) is 44.7 Å². The Bertz CT molecular complexity index is 475. The van der Waals surface area contributed by atoms with Crippen molar-refractivity contribution in [2.45, 2.75) is 25.7 Å². The van der Waals surface area contributed by atoms with Crippen LogP contribution in [0.4, 0.5) is 5.82 Å². The molecule has 0 bridgehead atoms. The highest BCUT2D eigenvalue weighted by atomic mass is 15.4. The van der Waals surface area contributed by atoms with Gasteiger partial charge in [-0.05, 0) is 30.9 Å². The van der Waals surface area contributed by atoms with Crippen LogP contribution in [0.1, 0.15) is 25.7 Å². The van der Waals surface area contributed by atoms with Gasteiger partial charge in [-0.25, -0.2) is 4.98 Å². The maximum atomic E-state index is 4.44. The van der Waals surface area contributed by atoms with Crippen LogP contribution in [0.5, 0.6) is 0 Å². The smallest absolute Gasteiger partial charge is 0.193 e. The summed E-state index contributed by atoms with van der Waals surface area (Å²) in [6.45, 7) is 5.04. The van der Waals surface area contributed by atoms with Crippen LogP contribution >= 0.6 is 0 Å². The van der Waals surface area contributed by atoms with E-state index in [1.54, 1.807) is 0 Å². The number of anilines is 1. The van der Waals surface area contributed by atoms with E-state index in [0.717, 1.165) is 50.4 Å². The van der Waals surface area contributed by atoms with E-state index in [-0.39, 0.29) is 0 Å². The first kappa shape index (κ1) is 15.1. The Kier molecular flexibility index (Phi) is 5.14. The van der Waals surface area contributed by atoms with Crippen molar-refractivity contribution in [1.82, 2.24) is 15.2 Å². The van der Waals surface area contributed by atoms with Gasteiger partial charge in [-0.2, -0.15) is 0 Å². The molecule has 1 saturated heterocycles. The molecule has 1 saturated carbocycles. The molecule has 0 aromatic carbocycles. The van der Waals surface area contributed by atoms with E-state index in [0.29, 0.717) is 0 Å². The van der Waals surface area contributed by atoms with Gasteiger partial charge in [0.15, 0.2) is 5.96 Å². The predicted molar refractivity (Wildman–Crippen MR) is 91.3 cm³/mol. The van der Waals surface area contributed by atoms with Crippen molar-refractivity contribution in [3.63, 3.8) is 0 Å². The quantitative estimate of drug-likeness (QED) is 0.513. The fourth-order valence-corrected chi connectivity index (χ4v) is 3.02. The van der Waals surface area contributed by atoms with Crippen LogP contribution in [0.3, 0.4) is 0 Å². The average molecular weight is 301 g/mol. The molecule has 1 aromatic heterocycles. The number of rotatable bonds is 5. The van der Waals surface area contributed by atoms with Crippen LogP contribution in [0.15, 0.2) is 29.4 Å². The van der Waals surface area contributed by atoms with Crippen molar-refractivity contribution < 1.29 is 0 Å². The molecular formula is C17H27N5. The summed E-state index contributed by atoms with van der Waals surface area (Å²) in [6.07, 6.45) is 7.39. The summed E-state index contributed by atoms with van der Waals surface area (Å²) < 4.78 is 0. The van der Waals surface area contributed by atoms with Gasteiger partial charge in [-0.3, -0.25) is 4.99 Å². The topological polar surface area (TPSA) is 43.8 Å². The molecule has 3 rings (SSSR count). The second-order valence-corrected chi connectivity index (χ2v) is 6.22. The number of hydrogen-bond acceptors (Lipinski definition) is 3. The molecule has 2 heterocycles. The summed E-state index contributed by atoms with van der Waals surface area (Å²) in [5.41, 5.74) is 0. The van der Waals surface area contributed by atoms with Crippen molar-refractivity contribution >= 4 is 11.8 Å². The number of hydrogen-bond donors (Lipinski definition) is 1. The van der Waals surface area contributed by atoms with E-state index >= 15 is 0 Å². The standard InChI is InChI=1S/C17H27N5/c1-18-17(20-10-4-5-15-7-8-15)22-13-11-21(12-14-22)16-6-2-3-9-19-16/h2-3,6,9,15H,4-5,7-8,10-14H2,1H3,(H,18,20). The minimum Gasteiger partial charge on any atom is -0.356 e. The zero-order chi connectivity index (χ0) is 15.2. The van der Waals surface area contributed by atoms with Crippen LogP contribution in [0, 0.1) is 5.92 Å². The van der Waals surface area contributed by atoms with Crippen molar-refractivity contribution in [3.05, 3.63) is 24.4 Å². The lowest BCUT2D eigenvalue weighted by atomic mass is 10.2. The highest BCUT2D eigenvalue weighted by molar-refractivity contribution is 5.80. The number of pyridine rings is 1. The maximum absolute atomic E-state index is 4.44. The normalized spacial score (nSPS) is 19.4. The van der Waals surface area contributed by atoms with Gasteiger partial charge in [0.1, 0.15) is 5.82 Å². The molecule has 5 heteroatoms. The summed E-state index contributed by atoms with van der Waals surface area (Å²) >= 11 is 0. The Hall–Kier alpha value is -1.78. The molecule has 120 valence electrons. The first-order chi connectivity index (χ1) is 10.9. The first-order valence-corrected chi connectivity index (χ1v) is 8.48. The average Bonchev–Trinajstić information content (AvgIpc) is 3.40. The molecule has 0 unspecified atom stereocenters. The van der Waals surface area contributed by atoms with Gasteiger partial charge in [0.2, 0.25) is 0 Å². The zero-order valence-electron chi connectivity index (χ0n) is 13.5. The molecule has 0 spiro atoms. The molecule has 0 atom stereocenters. The molecule has 5 nitrogen and oxygen atoms in total. The minimum atomic E-state index is 0.999. The monoisotopic (exact) mass is 301 g/mol. The van der Waals surface area contributed by atoms with Crippen LogP contribution in [-0.2, 0) is 0 Å². The third kappa shape index (κ3) is 4.12. The van der Waals surface area contributed by atoms with E-state index in [1.807, 2.05) is 19.3 Å². The third-order valence-electron chi connectivity index (χ3n) is 4.53. The lowest BCUT2D eigenvalue weighted by Gasteiger charge is -2.37. The number of nitrogens with zero attached hydrogens (tertiary/aromatic N) is 4. The van der Waals surface area contributed by atoms with Crippen LogP contribution in [-0.4, -0.2) is 55.6 Å². The van der Waals surface area contributed by atoms with Gasteiger partial charge >= 0.3 is 0 Å². The van der Waals surface area contributed by atoms with E-state index in [9.17, 15) is 0 Å². The van der Waals surface area contributed by atoms with Gasteiger partial charge in [0.05, 0.1) is 0 Å². The number of aliphatic imine (C=N–C) groups is 1. The lowest BCUT2D eigenvalue weighted by molar-refractivity contribution is 0.371. The molecule has 0 amide bonds. The summed E-state index contributed by atoms with van der Waals surface area (Å²) in [7, 11) is 1.88. The van der Waals surface area contributed by atoms with Gasteiger partial charge in [0.25, 0.3) is 0 Å². The molecular weight excluding hydrogens is 274 g/mol. The Morgan fingerprint density at radius 1 is 1.27 bits per heavy atom. The second kappa shape index (κ2) is 7.47. The second-order valence-electron chi connectivity index (χ2n) is 6.22. The lowest BCUT2D eigenvalue weighted by Crippen LogP contribution is -2.52. The first-order valence-electron chi connectivity index (χ1n) is 8.48. The van der Waals surface area contributed by atoms with Crippen molar-refractivity contribution in [1.29, 1.82) is 0 Å². The summed E-state index contributed by atoms with van der Waals surface area (Å²) in [4.78, 5) is 13.6. The Labute approximate surface area is 133 Å². The fourth-order valence-electron chi connectivity index (χ4n) is 3.02. The van der Waals surface area contributed by atoms with Crippen LogP contribution in [0.2, 0.25) is 0 Å². The van der Waals surface area contributed by atoms with Gasteiger partial charge in [-0.1, -0.05) is 18.9 Å². The van der Waals surface area contributed by atoms with Crippen molar-refractivity contribution in [3.8, 4) is 0 Å². The third-order valence-corrected chi connectivity index (χ3v) is 4.53. The van der Waals surface area contributed by atoms with E-state index < -0.39 is 0 Å². The summed E-state index contributed by atoms with van der Waals surface area (Å²) in [6, 6.07) is 6.10. The molecule has 1 aliphatic heterocycles. The molecule has 1 aromatic rings. The number of piperazine rings is 1.